The summed E-state index contributed by atoms with van der Waals surface area (Å²) >= 11 is 4.25. The number of nitrogens with zero attached hydrogens (tertiary/aromatic N) is 1. The molecule has 0 rings (SSSR count). The average Bonchev–Trinajstić information content (AvgIpc) is 3.03. The molecular formula is C37H75NO8PS+. The van der Waals surface area contributed by atoms with Crippen LogP contribution in [-0.2, 0) is 32.7 Å². The van der Waals surface area contributed by atoms with Crippen molar-refractivity contribution in [3.63, 3.8) is 0 Å². The summed E-state index contributed by atoms with van der Waals surface area (Å²) < 4.78 is 34.4. The van der Waals surface area contributed by atoms with Crippen LogP contribution in [0.5, 0.6) is 0 Å². The van der Waals surface area contributed by atoms with Gasteiger partial charge in [-0.25, -0.2) is 4.57 Å². The van der Waals surface area contributed by atoms with Gasteiger partial charge in [-0.1, -0.05) is 142 Å². The lowest BCUT2D eigenvalue weighted by molar-refractivity contribution is -0.887. The Morgan fingerprint density at radius 1 is 0.625 bits per heavy atom. The van der Waals surface area contributed by atoms with Gasteiger partial charge in [0.25, 0.3) is 0 Å². The van der Waals surface area contributed by atoms with Gasteiger partial charge < -0.3 is 18.9 Å². The van der Waals surface area contributed by atoms with Gasteiger partial charge in [0, 0.05) is 18.6 Å². The lowest BCUT2D eigenvalue weighted by Gasteiger charge is -2.29. The molecule has 0 aliphatic rings. The van der Waals surface area contributed by atoms with E-state index in [9.17, 15) is 19.0 Å². The predicted molar refractivity (Wildman–Crippen MR) is 200 cm³/mol. The van der Waals surface area contributed by atoms with Crippen LogP contribution < -0.4 is 0 Å². The third-order valence-electron chi connectivity index (χ3n) is 8.78. The van der Waals surface area contributed by atoms with Gasteiger partial charge in [-0.15, -0.1) is 0 Å². The Labute approximate surface area is 300 Å². The van der Waals surface area contributed by atoms with Crippen molar-refractivity contribution in [1.82, 2.24) is 0 Å². The number of ether oxygens (including phenoxy) is 2. The molecule has 286 valence electrons. The standard InChI is InChI=1S/C37H74NO8PS/c1-5-7-9-11-13-15-17-19-21-23-25-27-36(39)43-33-35(34-45-47(41,42)44-31-29-38(3,4)30-32-48)46-37(40)28-26-24-22-20-18-16-14-12-10-8-6-2/h35H,5-34H2,1-4H3,(H-,41,42,48)/p+1. The highest BCUT2D eigenvalue weighted by Crippen LogP contribution is 2.43. The minimum atomic E-state index is -4.39. The summed E-state index contributed by atoms with van der Waals surface area (Å²) in [5.74, 6) is -0.116. The maximum absolute atomic E-state index is 12.6. The maximum Gasteiger partial charge on any atom is 0.472 e. The molecule has 0 aromatic heterocycles. The lowest BCUT2D eigenvalue weighted by atomic mass is 10.1. The van der Waals surface area contributed by atoms with E-state index in [1.54, 1.807) is 0 Å². The van der Waals surface area contributed by atoms with Crippen molar-refractivity contribution in [3.05, 3.63) is 0 Å². The molecule has 1 N–H and O–H groups in total. The highest BCUT2D eigenvalue weighted by Gasteiger charge is 2.27. The number of unbranched alkanes of at least 4 members (excludes halogenated alkanes) is 20. The summed E-state index contributed by atoms with van der Waals surface area (Å²) in [6.07, 6.45) is 25.6. The number of esters is 2. The maximum atomic E-state index is 12.6. The average molecular weight is 725 g/mol. The van der Waals surface area contributed by atoms with Gasteiger partial charge >= 0.3 is 19.8 Å². The van der Waals surface area contributed by atoms with Gasteiger partial charge in [-0.05, 0) is 12.8 Å². The Morgan fingerprint density at radius 2 is 1.04 bits per heavy atom. The molecule has 0 heterocycles. The second-order valence-electron chi connectivity index (χ2n) is 14.1. The van der Waals surface area contributed by atoms with Crippen molar-refractivity contribution < 1.29 is 42.1 Å². The van der Waals surface area contributed by atoms with Crippen molar-refractivity contribution in [2.75, 3.05) is 52.8 Å². The van der Waals surface area contributed by atoms with Gasteiger partial charge in [0.1, 0.15) is 19.8 Å². The largest absolute Gasteiger partial charge is 0.472 e. The Bertz CT molecular complexity index is 816. The molecule has 2 unspecified atom stereocenters. The summed E-state index contributed by atoms with van der Waals surface area (Å²) in [7, 11) is -0.423. The fourth-order valence-corrected chi connectivity index (χ4v) is 6.77. The van der Waals surface area contributed by atoms with Crippen molar-refractivity contribution in [3.8, 4) is 0 Å². The molecule has 0 bridgehead atoms. The van der Waals surface area contributed by atoms with E-state index >= 15 is 0 Å². The number of carbonyl (C=O) groups is 2. The lowest BCUT2D eigenvalue weighted by Crippen LogP contribution is -2.43. The molecule has 0 saturated carbocycles. The number of quaternary nitrogens is 1. The number of hydrogen-bond acceptors (Lipinski definition) is 8. The fraction of sp³-hybridized carbons (Fsp3) is 0.946. The molecule has 0 saturated heterocycles. The molecule has 0 amide bonds. The van der Waals surface area contributed by atoms with Crippen molar-refractivity contribution >= 4 is 32.4 Å². The quantitative estimate of drug-likeness (QED) is 0.0216. The summed E-state index contributed by atoms with van der Waals surface area (Å²) in [5.41, 5.74) is 0. The number of likely N-dealkylation sites (N-methyl/N-ethyl adjacent to an activating group) is 1. The Kier molecular flexibility index (Phi) is 31.8. The summed E-state index contributed by atoms with van der Waals surface area (Å²) in [4.78, 5) is 35.3. The van der Waals surface area contributed by atoms with Crippen molar-refractivity contribution in [2.45, 2.75) is 174 Å². The zero-order valence-electron chi connectivity index (χ0n) is 31.4. The van der Waals surface area contributed by atoms with E-state index < -0.39 is 26.5 Å². The summed E-state index contributed by atoms with van der Waals surface area (Å²) in [6.45, 7) is 5.14. The minimum Gasteiger partial charge on any atom is -0.462 e. The number of phosphoric acid groups is 1. The molecule has 0 aliphatic carbocycles. The molecule has 0 aromatic rings. The van der Waals surface area contributed by atoms with E-state index in [1.165, 1.54) is 103 Å². The van der Waals surface area contributed by atoms with Crippen LogP contribution in [0.4, 0.5) is 0 Å². The second-order valence-corrected chi connectivity index (χ2v) is 16.0. The first-order chi connectivity index (χ1) is 23.0. The molecule has 0 aliphatic heterocycles. The Balaban J connectivity index is 4.54. The van der Waals surface area contributed by atoms with Gasteiger partial charge in [0.05, 0.1) is 27.2 Å². The van der Waals surface area contributed by atoms with E-state index in [0.717, 1.165) is 38.6 Å². The van der Waals surface area contributed by atoms with Crippen LogP contribution in [0.25, 0.3) is 0 Å². The smallest absolute Gasteiger partial charge is 0.462 e. The van der Waals surface area contributed by atoms with Crippen LogP contribution in [-0.4, -0.2) is 80.2 Å². The first kappa shape index (κ1) is 47.4. The topological polar surface area (TPSA) is 108 Å². The Morgan fingerprint density at radius 3 is 1.48 bits per heavy atom. The molecule has 0 radical (unpaired) electrons. The second kappa shape index (κ2) is 32.3. The monoisotopic (exact) mass is 724 g/mol. The van der Waals surface area contributed by atoms with Crippen molar-refractivity contribution in [1.29, 1.82) is 0 Å². The molecule has 48 heavy (non-hydrogen) atoms. The molecule has 0 fully saturated rings. The number of thiol groups is 1. The normalized spacial score (nSPS) is 13.7. The highest BCUT2D eigenvalue weighted by molar-refractivity contribution is 7.80. The van der Waals surface area contributed by atoms with Gasteiger partial charge in [-0.2, -0.15) is 12.6 Å². The number of phosphoric ester groups is 1. The molecule has 2 atom stereocenters. The number of hydrogen-bond donors (Lipinski definition) is 2. The van der Waals surface area contributed by atoms with Gasteiger partial charge in [0.2, 0.25) is 0 Å². The van der Waals surface area contributed by atoms with Crippen LogP contribution in [0.2, 0.25) is 0 Å². The number of rotatable bonds is 36. The number of carbonyl (C=O) groups excluding carboxylic acids is 2. The third kappa shape index (κ3) is 32.6. The van der Waals surface area contributed by atoms with Crippen LogP contribution in [0.1, 0.15) is 168 Å². The highest BCUT2D eigenvalue weighted by atomic mass is 32.1. The Hall–Kier alpha value is -0.640. The van der Waals surface area contributed by atoms with Crippen LogP contribution in [0.3, 0.4) is 0 Å². The fourth-order valence-electron chi connectivity index (χ4n) is 5.49. The van der Waals surface area contributed by atoms with Crippen LogP contribution in [0, 0.1) is 0 Å². The van der Waals surface area contributed by atoms with E-state index in [4.69, 9.17) is 18.5 Å². The molecule has 0 aromatic carbocycles. The molecule has 0 spiro atoms. The summed E-state index contributed by atoms with van der Waals surface area (Å²) in [6, 6.07) is 0. The SMILES string of the molecule is CCCCCCCCCCCCCC(=O)OCC(COP(=O)(O)OCC[N+](C)(C)CCS)OC(=O)CCCCCCCCCCCCC. The van der Waals surface area contributed by atoms with Crippen LogP contribution in [0.15, 0.2) is 0 Å². The first-order valence-electron chi connectivity index (χ1n) is 19.4. The van der Waals surface area contributed by atoms with E-state index in [-0.39, 0.29) is 25.6 Å². The third-order valence-corrected chi connectivity index (χ3v) is 9.96. The first-order valence-corrected chi connectivity index (χ1v) is 21.6. The summed E-state index contributed by atoms with van der Waals surface area (Å²) in [5, 5.41) is 0. The van der Waals surface area contributed by atoms with E-state index in [1.807, 2.05) is 14.1 Å². The molecule has 11 heteroatoms. The van der Waals surface area contributed by atoms with Gasteiger partial charge in [0.15, 0.2) is 6.10 Å². The van der Waals surface area contributed by atoms with Crippen LogP contribution >= 0.6 is 20.5 Å². The minimum absolute atomic E-state index is 0.0197. The molecular weight excluding hydrogens is 649 g/mol. The van der Waals surface area contributed by atoms with Gasteiger partial charge in [-0.3, -0.25) is 18.6 Å². The van der Waals surface area contributed by atoms with Crippen molar-refractivity contribution in [2.24, 2.45) is 0 Å². The van der Waals surface area contributed by atoms with E-state index in [2.05, 4.69) is 26.5 Å². The van der Waals surface area contributed by atoms with E-state index in [0.29, 0.717) is 29.6 Å². The molecule has 9 nitrogen and oxygen atoms in total. The zero-order valence-corrected chi connectivity index (χ0v) is 33.2. The zero-order chi connectivity index (χ0) is 35.8. The predicted octanol–water partition coefficient (Wildman–Crippen LogP) is 9.98.